The smallest absolute Gasteiger partial charge is 0.260 e. The predicted octanol–water partition coefficient (Wildman–Crippen LogP) is 3.46. The van der Waals surface area contributed by atoms with Crippen molar-refractivity contribution >= 4 is 10.1 Å². The molecule has 1 aliphatic carbocycles. The second-order valence-corrected chi connectivity index (χ2v) is 7.36. The molecule has 0 aromatic rings. The Balaban J connectivity index is 2.88. The molecular weight excluding hydrogens is 269 g/mol. The fourth-order valence-electron chi connectivity index (χ4n) is 2.42. The third kappa shape index (κ3) is 3.60. The number of rotatable bonds is 2. The van der Waals surface area contributed by atoms with E-state index in [1.807, 2.05) is 20.8 Å². The van der Waals surface area contributed by atoms with Crippen LogP contribution >= 0.6 is 0 Å². The van der Waals surface area contributed by atoms with Crippen molar-refractivity contribution in [3.05, 3.63) is 0 Å². The van der Waals surface area contributed by atoms with Gasteiger partial charge in [-0.1, -0.05) is 33.6 Å². The summed E-state index contributed by atoms with van der Waals surface area (Å²) in [6.45, 7) is 5.67. The van der Waals surface area contributed by atoms with Gasteiger partial charge in [0.2, 0.25) is 0 Å². The van der Waals surface area contributed by atoms with E-state index in [4.69, 9.17) is 0 Å². The van der Waals surface area contributed by atoms with Crippen LogP contribution in [0.25, 0.3) is 0 Å². The minimum Gasteiger partial charge on any atom is -0.260 e. The fourth-order valence-corrected chi connectivity index (χ4v) is 3.08. The zero-order valence-corrected chi connectivity index (χ0v) is 11.6. The van der Waals surface area contributed by atoms with Gasteiger partial charge in [-0.15, -0.1) is 0 Å². The van der Waals surface area contributed by atoms with Gasteiger partial charge in [0.1, 0.15) is 0 Å². The van der Waals surface area contributed by atoms with Gasteiger partial charge in [-0.2, -0.15) is 21.6 Å². The molecule has 0 aliphatic heterocycles. The molecule has 0 saturated heterocycles. The van der Waals surface area contributed by atoms with E-state index in [1.165, 1.54) is 0 Å². The van der Waals surface area contributed by atoms with Gasteiger partial charge in [-0.05, 0) is 24.2 Å². The minimum atomic E-state index is -5.49. The average molecular weight is 288 g/mol. The molecule has 0 heterocycles. The van der Waals surface area contributed by atoms with Crippen molar-refractivity contribution in [1.29, 1.82) is 0 Å². The molecule has 108 valence electrons. The van der Waals surface area contributed by atoms with Gasteiger partial charge < -0.3 is 0 Å². The SMILES string of the molecule is CC(C)(C)C1CCCCC1OS(=O)(=O)C(F)(F)F. The first-order chi connectivity index (χ1) is 7.95. The maximum atomic E-state index is 12.3. The van der Waals surface area contributed by atoms with E-state index in [2.05, 4.69) is 4.18 Å². The third-order valence-electron chi connectivity index (χ3n) is 3.35. The molecule has 3 nitrogen and oxygen atoms in total. The summed E-state index contributed by atoms with van der Waals surface area (Å²) < 4.78 is 63.4. The lowest BCUT2D eigenvalue weighted by Gasteiger charge is -2.39. The van der Waals surface area contributed by atoms with Gasteiger partial charge >= 0.3 is 15.6 Å². The van der Waals surface area contributed by atoms with Crippen LogP contribution in [0, 0.1) is 11.3 Å². The van der Waals surface area contributed by atoms with Crippen LogP contribution in [0.1, 0.15) is 46.5 Å². The first-order valence-electron chi connectivity index (χ1n) is 5.95. The first-order valence-corrected chi connectivity index (χ1v) is 7.35. The van der Waals surface area contributed by atoms with E-state index in [0.29, 0.717) is 19.3 Å². The molecule has 1 rings (SSSR count). The minimum absolute atomic E-state index is 0.177. The van der Waals surface area contributed by atoms with E-state index in [9.17, 15) is 21.6 Å². The Kier molecular flexibility index (Phi) is 4.37. The predicted molar refractivity (Wildman–Crippen MR) is 61.3 cm³/mol. The fraction of sp³-hybridized carbons (Fsp3) is 1.00. The number of alkyl halides is 3. The molecule has 1 aliphatic rings. The topological polar surface area (TPSA) is 43.4 Å². The Morgan fingerprint density at radius 3 is 2.00 bits per heavy atom. The Labute approximate surface area is 106 Å². The van der Waals surface area contributed by atoms with E-state index >= 15 is 0 Å². The lowest BCUT2D eigenvalue weighted by Crippen LogP contribution is -2.40. The van der Waals surface area contributed by atoms with Crippen LogP contribution < -0.4 is 0 Å². The van der Waals surface area contributed by atoms with Crippen LogP contribution in [0.3, 0.4) is 0 Å². The summed E-state index contributed by atoms with van der Waals surface area (Å²) in [5.74, 6) is -0.177. The Morgan fingerprint density at radius 1 is 1.06 bits per heavy atom. The molecule has 0 amide bonds. The summed E-state index contributed by atoms with van der Waals surface area (Å²) in [6.07, 6.45) is 1.78. The average Bonchev–Trinajstić information content (AvgIpc) is 2.14. The van der Waals surface area contributed by atoms with Crippen LogP contribution in [0.2, 0.25) is 0 Å². The molecule has 0 spiro atoms. The van der Waals surface area contributed by atoms with Crippen molar-refractivity contribution in [2.24, 2.45) is 11.3 Å². The van der Waals surface area contributed by atoms with E-state index in [0.717, 1.165) is 6.42 Å². The molecule has 0 radical (unpaired) electrons. The highest BCUT2D eigenvalue weighted by Gasteiger charge is 2.50. The highest BCUT2D eigenvalue weighted by atomic mass is 32.2. The van der Waals surface area contributed by atoms with Crippen molar-refractivity contribution in [3.63, 3.8) is 0 Å². The maximum Gasteiger partial charge on any atom is 0.523 e. The summed E-state index contributed by atoms with van der Waals surface area (Å²) in [5, 5.41) is 0. The van der Waals surface area contributed by atoms with Crippen LogP contribution in [-0.4, -0.2) is 20.0 Å². The van der Waals surface area contributed by atoms with E-state index in [1.54, 1.807) is 0 Å². The molecule has 0 aromatic carbocycles. The number of hydrogen-bond donors (Lipinski definition) is 0. The molecule has 18 heavy (non-hydrogen) atoms. The zero-order chi connectivity index (χ0) is 14.2. The standard InChI is InChI=1S/C11H19F3O3S/c1-10(2,3)8-6-4-5-7-9(8)17-18(15,16)11(12,13)14/h8-9H,4-7H2,1-3H3. The molecule has 1 fully saturated rings. The lowest BCUT2D eigenvalue weighted by molar-refractivity contribution is -0.0653. The van der Waals surface area contributed by atoms with Gasteiger partial charge in [0.15, 0.2) is 0 Å². The summed E-state index contributed by atoms with van der Waals surface area (Å²) in [7, 11) is -5.49. The summed E-state index contributed by atoms with van der Waals surface area (Å²) in [4.78, 5) is 0. The van der Waals surface area contributed by atoms with Crippen molar-refractivity contribution in [2.75, 3.05) is 0 Å². The first kappa shape index (κ1) is 15.8. The highest BCUT2D eigenvalue weighted by molar-refractivity contribution is 7.87. The second-order valence-electron chi connectivity index (χ2n) is 5.79. The number of halogens is 3. The van der Waals surface area contributed by atoms with Gasteiger partial charge in [0.05, 0.1) is 6.10 Å². The van der Waals surface area contributed by atoms with Crippen molar-refractivity contribution in [2.45, 2.75) is 58.1 Å². The molecule has 0 bridgehead atoms. The molecular formula is C11H19F3O3S. The van der Waals surface area contributed by atoms with Gasteiger partial charge in [0, 0.05) is 0 Å². The largest absolute Gasteiger partial charge is 0.523 e. The molecule has 1 saturated carbocycles. The maximum absolute atomic E-state index is 12.3. The summed E-state index contributed by atoms with van der Waals surface area (Å²) in [6, 6.07) is 0. The molecule has 7 heteroatoms. The van der Waals surface area contributed by atoms with E-state index in [-0.39, 0.29) is 11.3 Å². The zero-order valence-electron chi connectivity index (χ0n) is 10.8. The molecule has 0 aromatic heterocycles. The van der Waals surface area contributed by atoms with Gasteiger partial charge in [0.25, 0.3) is 0 Å². The second kappa shape index (κ2) is 5.00. The van der Waals surface area contributed by atoms with Crippen LogP contribution in [-0.2, 0) is 14.3 Å². The Hall–Kier alpha value is -0.300. The monoisotopic (exact) mass is 288 g/mol. The Morgan fingerprint density at radius 2 is 1.56 bits per heavy atom. The van der Waals surface area contributed by atoms with Crippen LogP contribution in [0.15, 0.2) is 0 Å². The highest BCUT2D eigenvalue weighted by Crippen LogP contribution is 2.41. The van der Waals surface area contributed by atoms with Gasteiger partial charge in [-0.3, -0.25) is 4.18 Å². The van der Waals surface area contributed by atoms with Crippen LogP contribution in [0.4, 0.5) is 13.2 Å². The molecule has 0 N–H and O–H groups in total. The summed E-state index contributed by atoms with van der Waals surface area (Å²) in [5.41, 5.74) is -5.61. The normalized spacial score (nSPS) is 27.2. The van der Waals surface area contributed by atoms with Crippen molar-refractivity contribution < 1.29 is 25.8 Å². The quantitative estimate of drug-likeness (QED) is 0.577. The van der Waals surface area contributed by atoms with E-state index < -0.39 is 21.7 Å². The van der Waals surface area contributed by atoms with Crippen LogP contribution in [0.5, 0.6) is 0 Å². The number of hydrogen-bond acceptors (Lipinski definition) is 3. The van der Waals surface area contributed by atoms with Crippen molar-refractivity contribution in [3.8, 4) is 0 Å². The van der Waals surface area contributed by atoms with Crippen molar-refractivity contribution in [1.82, 2.24) is 0 Å². The third-order valence-corrected chi connectivity index (χ3v) is 4.42. The van der Waals surface area contributed by atoms with Gasteiger partial charge in [-0.25, -0.2) is 0 Å². The Bertz CT molecular complexity index is 381. The summed E-state index contributed by atoms with van der Waals surface area (Å²) >= 11 is 0. The molecule has 2 atom stereocenters. The lowest BCUT2D eigenvalue weighted by atomic mass is 9.71. The molecule has 2 unspecified atom stereocenters.